The lowest BCUT2D eigenvalue weighted by Crippen LogP contribution is -2.36. The minimum Gasteiger partial charge on any atom is -0.328 e. The summed E-state index contributed by atoms with van der Waals surface area (Å²) in [4.78, 5) is 0. The first-order valence-electron chi connectivity index (χ1n) is 1.90. The van der Waals surface area contributed by atoms with Crippen LogP contribution >= 0.6 is 0 Å². The van der Waals surface area contributed by atoms with Crippen molar-refractivity contribution in [2.75, 3.05) is 6.54 Å². The second-order valence-electron chi connectivity index (χ2n) is 1.29. The maximum atomic E-state index is 10.3. The molecular formula is C2H8N2O2S2. The quantitative estimate of drug-likeness (QED) is 0.450. The van der Waals surface area contributed by atoms with Crippen LogP contribution in [0.1, 0.15) is 0 Å². The Morgan fingerprint density at radius 2 is 2.25 bits per heavy atom. The Hall–Kier alpha value is 0.250. The van der Waals surface area contributed by atoms with Crippen LogP contribution in [0.4, 0.5) is 0 Å². The molecule has 0 aliphatic carbocycles. The Bertz CT molecular complexity index is 151. The maximum absolute atomic E-state index is 10.3. The predicted octanol–water partition coefficient (Wildman–Crippen LogP) is -1.55. The molecule has 2 atom stereocenters. The van der Waals surface area contributed by atoms with Crippen molar-refractivity contribution in [3.63, 3.8) is 0 Å². The van der Waals surface area contributed by atoms with Crippen LogP contribution in [0.15, 0.2) is 0 Å². The van der Waals surface area contributed by atoms with Gasteiger partial charge in [0.25, 0.3) is 0 Å². The molecule has 0 saturated heterocycles. The predicted molar refractivity (Wildman–Crippen MR) is 35.2 cm³/mol. The molecule has 2 unspecified atom stereocenters. The molecule has 0 aliphatic rings. The lowest BCUT2D eigenvalue weighted by Gasteiger charge is -2.04. The first-order chi connectivity index (χ1) is 3.48. The van der Waals surface area contributed by atoms with Crippen molar-refractivity contribution in [1.82, 2.24) is 0 Å². The molecule has 0 aromatic heterocycles. The normalized spacial score (nSPS) is 21.9. The molecule has 0 bridgehead atoms. The Balaban J connectivity index is 4.04. The van der Waals surface area contributed by atoms with Crippen LogP contribution in [0, 0.1) is 0 Å². The minimum atomic E-state index is -3.27. The van der Waals surface area contributed by atoms with Crippen molar-refractivity contribution >= 4 is 20.0 Å². The fraction of sp³-hybridized carbons (Fsp3) is 1.00. The van der Waals surface area contributed by atoms with Crippen molar-refractivity contribution in [2.45, 2.75) is 5.37 Å². The van der Waals surface area contributed by atoms with E-state index in [4.69, 9.17) is 16.0 Å². The van der Waals surface area contributed by atoms with E-state index in [0.29, 0.717) is 0 Å². The molecule has 8 heavy (non-hydrogen) atoms. The van der Waals surface area contributed by atoms with Gasteiger partial charge in [-0.25, -0.2) is 4.21 Å². The van der Waals surface area contributed by atoms with Gasteiger partial charge in [-0.2, -0.15) is 0 Å². The molecule has 0 aliphatic heterocycles. The monoisotopic (exact) mass is 156 g/mol. The summed E-state index contributed by atoms with van der Waals surface area (Å²) in [7, 11) is -3.27. The summed E-state index contributed by atoms with van der Waals surface area (Å²) in [6, 6.07) is 0. The van der Waals surface area contributed by atoms with Crippen LogP contribution in [0.25, 0.3) is 0 Å². The molecule has 4 nitrogen and oxygen atoms in total. The number of hydrogen-bond acceptors (Lipinski definition) is 4. The van der Waals surface area contributed by atoms with E-state index in [1.165, 1.54) is 0 Å². The van der Waals surface area contributed by atoms with E-state index in [-0.39, 0.29) is 6.54 Å². The molecule has 0 amide bonds. The van der Waals surface area contributed by atoms with Crippen LogP contribution in [-0.2, 0) is 20.0 Å². The molecule has 0 saturated carbocycles. The smallest absolute Gasteiger partial charge is 0.158 e. The average Bonchev–Trinajstić information content (AvgIpc) is 1.62. The number of rotatable bonds is 2. The van der Waals surface area contributed by atoms with Gasteiger partial charge < -0.3 is 16.0 Å². The number of nitrogens with two attached hydrogens (primary N) is 2. The van der Waals surface area contributed by atoms with E-state index in [0.717, 1.165) is 0 Å². The summed E-state index contributed by atoms with van der Waals surface area (Å²) < 4.78 is 18.7. The zero-order valence-electron chi connectivity index (χ0n) is 4.11. The van der Waals surface area contributed by atoms with E-state index in [2.05, 4.69) is 11.2 Å². The van der Waals surface area contributed by atoms with Crippen LogP contribution in [-0.4, -0.2) is 20.7 Å². The molecule has 0 aromatic rings. The summed E-state index contributed by atoms with van der Waals surface area (Å²) in [6.45, 7) is -0.0567. The standard InChI is InChI=1S/C2H8N2O2S2/c3-1-2(4)8(5,6)7/h2H,1,3-4H2,(H,5,6,7). The summed E-state index contributed by atoms with van der Waals surface area (Å²) in [5.74, 6) is 0. The van der Waals surface area contributed by atoms with E-state index >= 15 is 0 Å². The Morgan fingerprint density at radius 1 is 1.88 bits per heavy atom. The van der Waals surface area contributed by atoms with E-state index in [9.17, 15) is 4.21 Å². The second-order valence-corrected chi connectivity index (χ2v) is 4.36. The zero-order chi connectivity index (χ0) is 6.78. The first kappa shape index (κ1) is 8.25. The Kier molecular flexibility index (Phi) is 2.78. The van der Waals surface area contributed by atoms with Gasteiger partial charge >= 0.3 is 0 Å². The lowest BCUT2D eigenvalue weighted by atomic mass is 10.7. The van der Waals surface area contributed by atoms with E-state index in [1.54, 1.807) is 0 Å². The maximum Gasteiger partial charge on any atom is 0.158 e. The molecule has 0 rings (SSSR count). The fourth-order valence-electron chi connectivity index (χ4n) is 0.122. The summed E-state index contributed by atoms with van der Waals surface area (Å²) in [6.07, 6.45) is 0. The molecule has 50 valence electrons. The van der Waals surface area contributed by atoms with Gasteiger partial charge in [-0.15, -0.1) is 0 Å². The van der Waals surface area contributed by atoms with Crippen molar-refractivity contribution in [1.29, 1.82) is 0 Å². The Labute approximate surface area is 52.7 Å². The summed E-state index contributed by atoms with van der Waals surface area (Å²) >= 11 is 4.09. The third-order valence-electron chi connectivity index (χ3n) is 0.615. The molecule has 0 heterocycles. The highest BCUT2D eigenvalue weighted by Gasteiger charge is 2.09. The fourth-order valence-corrected chi connectivity index (χ4v) is 0.601. The first-order valence-corrected chi connectivity index (χ1v) is 4.40. The van der Waals surface area contributed by atoms with Crippen molar-refractivity contribution in [3.05, 3.63) is 0 Å². The third kappa shape index (κ3) is 2.53. The van der Waals surface area contributed by atoms with Crippen LogP contribution < -0.4 is 11.5 Å². The topological polar surface area (TPSA) is 89.3 Å². The van der Waals surface area contributed by atoms with Crippen LogP contribution in [0.3, 0.4) is 0 Å². The van der Waals surface area contributed by atoms with Gasteiger partial charge in [0.1, 0.15) is 5.37 Å². The highest BCUT2D eigenvalue weighted by molar-refractivity contribution is 8.30. The highest BCUT2D eigenvalue weighted by atomic mass is 32.8. The van der Waals surface area contributed by atoms with E-state index in [1.807, 2.05) is 0 Å². The molecule has 0 aromatic carbocycles. The molecule has 0 spiro atoms. The van der Waals surface area contributed by atoms with Gasteiger partial charge in [-0.05, 0) is 0 Å². The van der Waals surface area contributed by atoms with Gasteiger partial charge in [0.05, 0.1) is 0 Å². The summed E-state index contributed by atoms with van der Waals surface area (Å²) in [5.41, 5.74) is 9.92. The average molecular weight is 156 g/mol. The minimum absolute atomic E-state index is 0.0567. The van der Waals surface area contributed by atoms with Gasteiger partial charge in [-0.1, -0.05) is 0 Å². The molecule has 5 N–H and O–H groups in total. The SMILES string of the molecule is NCC(N)S(=O)(O)=S. The highest BCUT2D eigenvalue weighted by Crippen LogP contribution is 1.86. The molecular weight excluding hydrogens is 148 g/mol. The van der Waals surface area contributed by atoms with Crippen LogP contribution in [0.2, 0.25) is 0 Å². The van der Waals surface area contributed by atoms with Crippen LogP contribution in [0.5, 0.6) is 0 Å². The largest absolute Gasteiger partial charge is 0.328 e. The molecule has 0 radical (unpaired) electrons. The summed E-state index contributed by atoms with van der Waals surface area (Å²) in [5, 5.41) is -0.975. The zero-order valence-corrected chi connectivity index (χ0v) is 5.74. The molecule has 0 fully saturated rings. The van der Waals surface area contributed by atoms with E-state index < -0.39 is 14.1 Å². The Morgan fingerprint density at radius 3 is 2.25 bits per heavy atom. The van der Waals surface area contributed by atoms with Gasteiger partial charge in [0.15, 0.2) is 8.77 Å². The van der Waals surface area contributed by atoms with Gasteiger partial charge in [-0.3, -0.25) is 0 Å². The lowest BCUT2D eigenvalue weighted by molar-refractivity contribution is 0.546. The molecule has 6 heteroatoms. The van der Waals surface area contributed by atoms with Gasteiger partial charge in [0, 0.05) is 17.7 Å². The van der Waals surface area contributed by atoms with Crippen molar-refractivity contribution in [2.24, 2.45) is 11.5 Å². The van der Waals surface area contributed by atoms with Gasteiger partial charge in [0.2, 0.25) is 0 Å². The third-order valence-corrected chi connectivity index (χ3v) is 2.31. The van der Waals surface area contributed by atoms with Crippen molar-refractivity contribution < 1.29 is 8.76 Å². The second kappa shape index (κ2) is 2.70. The number of hydrogen-bond donors (Lipinski definition) is 3. The van der Waals surface area contributed by atoms with Crippen molar-refractivity contribution in [3.8, 4) is 0 Å².